The Morgan fingerprint density at radius 2 is 1.78 bits per heavy atom. The Morgan fingerprint density at radius 3 is 2.56 bits per heavy atom. The van der Waals surface area contributed by atoms with Crippen molar-refractivity contribution >= 4 is 5.69 Å². The van der Waals surface area contributed by atoms with Crippen LogP contribution in [0, 0.1) is 5.92 Å². The third-order valence-electron chi connectivity index (χ3n) is 3.93. The topological polar surface area (TPSA) is 6.48 Å². The summed E-state index contributed by atoms with van der Waals surface area (Å²) < 4.78 is 0. The first kappa shape index (κ1) is 11.5. The van der Waals surface area contributed by atoms with Gasteiger partial charge in [-0.15, -0.1) is 0 Å². The van der Waals surface area contributed by atoms with Crippen LogP contribution in [-0.2, 0) is 0 Å². The molecule has 2 heteroatoms. The standard InChI is InChI=1S/C16H20N2/c1-14-7-5-6-10-16(14)18-12-11-17(13-18)15-8-3-2-4-9-15/h2-10,14,16H,11-13H2,1H3. The number of allylic oxidation sites excluding steroid dienone is 2. The molecule has 0 N–H and O–H groups in total. The van der Waals surface area contributed by atoms with Gasteiger partial charge in [0.15, 0.2) is 0 Å². The first-order valence-corrected chi connectivity index (χ1v) is 6.73. The average Bonchev–Trinajstić information content (AvgIpc) is 2.90. The van der Waals surface area contributed by atoms with Crippen LogP contribution < -0.4 is 4.90 Å². The predicted octanol–water partition coefficient (Wildman–Crippen LogP) is 2.90. The van der Waals surface area contributed by atoms with Crippen LogP contribution in [0.1, 0.15) is 6.92 Å². The van der Waals surface area contributed by atoms with E-state index in [4.69, 9.17) is 0 Å². The average molecular weight is 240 g/mol. The normalized spacial score (nSPS) is 27.9. The van der Waals surface area contributed by atoms with Crippen LogP contribution in [0.3, 0.4) is 0 Å². The summed E-state index contributed by atoms with van der Waals surface area (Å²) in [6, 6.07) is 11.3. The van der Waals surface area contributed by atoms with Crippen molar-refractivity contribution in [3.8, 4) is 0 Å². The second-order valence-electron chi connectivity index (χ2n) is 5.17. The molecule has 2 nitrogen and oxygen atoms in total. The first-order chi connectivity index (χ1) is 8.84. The highest BCUT2D eigenvalue weighted by Crippen LogP contribution is 2.24. The van der Waals surface area contributed by atoms with Gasteiger partial charge in [-0.3, -0.25) is 4.90 Å². The zero-order valence-electron chi connectivity index (χ0n) is 10.9. The Kier molecular flexibility index (Phi) is 3.20. The highest BCUT2D eigenvalue weighted by Gasteiger charge is 2.28. The summed E-state index contributed by atoms with van der Waals surface area (Å²) in [7, 11) is 0. The third-order valence-corrected chi connectivity index (χ3v) is 3.93. The van der Waals surface area contributed by atoms with Crippen LogP contribution in [-0.4, -0.2) is 30.7 Å². The summed E-state index contributed by atoms with van der Waals surface area (Å²) in [5, 5.41) is 0. The Balaban J connectivity index is 1.69. The molecule has 0 aromatic heterocycles. The van der Waals surface area contributed by atoms with E-state index < -0.39 is 0 Å². The van der Waals surface area contributed by atoms with Crippen LogP contribution in [0.5, 0.6) is 0 Å². The van der Waals surface area contributed by atoms with Gasteiger partial charge in [0.2, 0.25) is 0 Å². The number of rotatable bonds is 2. The van der Waals surface area contributed by atoms with Gasteiger partial charge in [-0.2, -0.15) is 0 Å². The molecular formula is C16H20N2. The fraction of sp³-hybridized carbons (Fsp3) is 0.375. The lowest BCUT2D eigenvalue weighted by atomic mass is 9.96. The minimum absolute atomic E-state index is 0.559. The van der Waals surface area contributed by atoms with E-state index in [1.165, 1.54) is 5.69 Å². The Morgan fingerprint density at radius 1 is 1.00 bits per heavy atom. The molecule has 18 heavy (non-hydrogen) atoms. The van der Waals surface area contributed by atoms with Crippen LogP contribution in [0.25, 0.3) is 0 Å². The van der Waals surface area contributed by atoms with E-state index in [0.717, 1.165) is 19.8 Å². The van der Waals surface area contributed by atoms with E-state index in [2.05, 4.69) is 71.4 Å². The molecule has 3 rings (SSSR count). The van der Waals surface area contributed by atoms with E-state index in [1.54, 1.807) is 0 Å². The van der Waals surface area contributed by atoms with Gasteiger partial charge in [0, 0.05) is 24.8 Å². The molecule has 0 radical (unpaired) electrons. The van der Waals surface area contributed by atoms with Crippen LogP contribution in [0.15, 0.2) is 54.6 Å². The quantitative estimate of drug-likeness (QED) is 0.784. The molecule has 0 amide bonds. The van der Waals surface area contributed by atoms with Gasteiger partial charge in [0.05, 0.1) is 6.67 Å². The Hall–Kier alpha value is -1.54. The number of hydrogen-bond acceptors (Lipinski definition) is 2. The summed E-state index contributed by atoms with van der Waals surface area (Å²) in [5.41, 5.74) is 1.34. The zero-order valence-corrected chi connectivity index (χ0v) is 10.9. The van der Waals surface area contributed by atoms with E-state index >= 15 is 0 Å². The molecule has 2 unspecified atom stereocenters. The molecule has 0 saturated carbocycles. The molecule has 2 atom stereocenters. The molecule has 2 aliphatic rings. The number of hydrogen-bond donors (Lipinski definition) is 0. The fourth-order valence-corrected chi connectivity index (χ4v) is 2.86. The molecule has 94 valence electrons. The van der Waals surface area contributed by atoms with Crippen molar-refractivity contribution < 1.29 is 0 Å². The number of para-hydroxylation sites is 1. The van der Waals surface area contributed by atoms with Crippen LogP contribution in [0.4, 0.5) is 5.69 Å². The van der Waals surface area contributed by atoms with Gasteiger partial charge in [0.25, 0.3) is 0 Å². The summed E-state index contributed by atoms with van der Waals surface area (Å²) >= 11 is 0. The number of benzene rings is 1. The van der Waals surface area contributed by atoms with E-state index in [0.29, 0.717) is 12.0 Å². The minimum Gasteiger partial charge on any atom is -0.357 e. The monoisotopic (exact) mass is 240 g/mol. The molecule has 1 heterocycles. The van der Waals surface area contributed by atoms with Gasteiger partial charge in [-0.05, 0) is 18.1 Å². The maximum absolute atomic E-state index is 2.57. The molecule has 0 spiro atoms. The van der Waals surface area contributed by atoms with Crippen molar-refractivity contribution in [3.05, 3.63) is 54.6 Å². The second kappa shape index (κ2) is 4.99. The zero-order chi connectivity index (χ0) is 12.4. The van der Waals surface area contributed by atoms with Crippen molar-refractivity contribution in [1.82, 2.24) is 4.90 Å². The van der Waals surface area contributed by atoms with Crippen molar-refractivity contribution in [2.45, 2.75) is 13.0 Å². The van der Waals surface area contributed by atoms with Crippen molar-refractivity contribution in [2.24, 2.45) is 5.92 Å². The molecule has 1 aromatic rings. The fourth-order valence-electron chi connectivity index (χ4n) is 2.86. The van der Waals surface area contributed by atoms with Crippen LogP contribution >= 0.6 is 0 Å². The van der Waals surface area contributed by atoms with Gasteiger partial charge in [0.1, 0.15) is 0 Å². The highest BCUT2D eigenvalue weighted by atomic mass is 15.4. The molecule has 1 aromatic carbocycles. The van der Waals surface area contributed by atoms with Gasteiger partial charge < -0.3 is 4.90 Å². The minimum atomic E-state index is 0.559. The Labute approximate surface area is 109 Å². The lowest BCUT2D eigenvalue weighted by molar-refractivity contribution is 0.247. The molecule has 0 bridgehead atoms. The van der Waals surface area contributed by atoms with E-state index in [9.17, 15) is 0 Å². The summed E-state index contributed by atoms with van der Waals surface area (Å²) in [4.78, 5) is 5.02. The van der Waals surface area contributed by atoms with Gasteiger partial charge in [-0.25, -0.2) is 0 Å². The van der Waals surface area contributed by atoms with Crippen LogP contribution in [0.2, 0.25) is 0 Å². The summed E-state index contributed by atoms with van der Waals surface area (Å²) in [6.45, 7) is 5.62. The van der Waals surface area contributed by atoms with Crippen molar-refractivity contribution in [2.75, 3.05) is 24.7 Å². The maximum Gasteiger partial charge on any atom is 0.0713 e. The van der Waals surface area contributed by atoms with Gasteiger partial charge >= 0.3 is 0 Å². The molecule has 1 aliphatic carbocycles. The highest BCUT2D eigenvalue weighted by molar-refractivity contribution is 5.46. The summed E-state index contributed by atoms with van der Waals surface area (Å²) in [5.74, 6) is 0.616. The molecular weight excluding hydrogens is 220 g/mol. The van der Waals surface area contributed by atoms with Crippen molar-refractivity contribution in [1.29, 1.82) is 0 Å². The molecule has 1 aliphatic heterocycles. The largest absolute Gasteiger partial charge is 0.357 e. The van der Waals surface area contributed by atoms with E-state index in [1.807, 2.05) is 0 Å². The maximum atomic E-state index is 2.57. The number of nitrogens with zero attached hydrogens (tertiary/aromatic N) is 2. The predicted molar refractivity (Wildman–Crippen MR) is 76.6 cm³/mol. The molecule has 1 saturated heterocycles. The molecule has 1 fully saturated rings. The van der Waals surface area contributed by atoms with Crippen molar-refractivity contribution in [3.63, 3.8) is 0 Å². The number of anilines is 1. The Bertz CT molecular complexity index is 449. The third kappa shape index (κ3) is 2.21. The van der Waals surface area contributed by atoms with E-state index in [-0.39, 0.29) is 0 Å². The lowest BCUT2D eigenvalue weighted by Crippen LogP contribution is -2.38. The smallest absolute Gasteiger partial charge is 0.0713 e. The lowest BCUT2D eigenvalue weighted by Gasteiger charge is -2.30. The van der Waals surface area contributed by atoms with Gasteiger partial charge in [-0.1, -0.05) is 49.4 Å². The second-order valence-corrected chi connectivity index (χ2v) is 5.17. The summed E-state index contributed by atoms with van der Waals surface area (Å²) in [6.07, 6.45) is 8.97. The first-order valence-electron chi connectivity index (χ1n) is 6.73. The SMILES string of the molecule is CC1C=CC=CC1N1CCN(c2ccccc2)C1.